The fraction of sp³-hybridized carbons (Fsp3) is 0.913. The van der Waals surface area contributed by atoms with Crippen molar-refractivity contribution in [3.8, 4) is 0 Å². The molecule has 1 fully saturated rings. The third-order valence-electron chi connectivity index (χ3n) is 5.50. The maximum Gasteiger partial charge on any atom is 0.111 e. The molecule has 3 N–H and O–H groups in total. The van der Waals surface area contributed by atoms with E-state index in [4.69, 9.17) is 14.6 Å². The molecule has 0 spiro atoms. The summed E-state index contributed by atoms with van der Waals surface area (Å²) in [6.45, 7) is 2.75. The maximum absolute atomic E-state index is 9.99. The molecule has 0 unspecified atom stereocenters. The summed E-state index contributed by atoms with van der Waals surface area (Å²) < 4.78 is 11.0. The van der Waals surface area contributed by atoms with Crippen LogP contribution in [0.4, 0.5) is 0 Å². The summed E-state index contributed by atoms with van der Waals surface area (Å²) in [6, 6.07) is 0. The van der Waals surface area contributed by atoms with Gasteiger partial charge in [0, 0.05) is 6.61 Å². The highest BCUT2D eigenvalue weighted by molar-refractivity contribution is 4.87. The van der Waals surface area contributed by atoms with Crippen molar-refractivity contribution in [2.24, 2.45) is 0 Å². The van der Waals surface area contributed by atoms with Crippen molar-refractivity contribution in [3.63, 3.8) is 0 Å². The van der Waals surface area contributed by atoms with E-state index in [2.05, 4.69) is 19.1 Å². The van der Waals surface area contributed by atoms with Crippen LogP contribution in [0.5, 0.6) is 0 Å². The molecule has 0 radical (unpaired) electrons. The number of aliphatic hydroxyl groups excluding tert-OH is 3. The zero-order valence-electron chi connectivity index (χ0n) is 17.9. The summed E-state index contributed by atoms with van der Waals surface area (Å²) in [5.41, 5.74) is 0. The number of allylic oxidation sites excluding steroid dienone is 2. The highest BCUT2D eigenvalue weighted by Gasteiger charge is 2.38. The van der Waals surface area contributed by atoms with Gasteiger partial charge in [-0.05, 0) is 32.1 Å². The van der Waals surface area contributed by atoms with Crippen molar-refractivity contribution in [1.29, 1.82) is 0 Å². The average molecular weight is 401 g/mol. The Bertz CT molecular complexity index is 374. The van der Waals surface area contributed by atoms with Gasteiger partial charge < -0.3 is 24.8 Å². The minimum atomic E-state index is -1.08. The number of hydrogen-bond donors (Lipinski definition) is 3. The smallest absolute Gasteiger partial charge is 0.111 e. The van der Waals surface area contributed by atoms with Crippen molar-refractivity contribution >= 4 is 0 Å². The van der Waals surface area contributed by atoms with Crippen LogP contribution >= 0.6 is 0 Å². The van der Waals surface area contributed by atoms with Crippen LogP contribution in [0.15, 0.2) is 12.2 Å². The predicted molar refractivity (Wildman–Crippen MR) is 113 cm³/mol. The Morgan fingerprint density at radius 2 is 1.39 bits per heavy atom. The third-order valence-corrected chi connectivity index (χ3v) is 5.50. The Hall–Kier alpha value is -0.460. The molecule has 1 heterocycles. The summed E-state index contributed by atoms with van der Waals surface area (Å²) >= 11 is 0. The molecule has 5 nitrogen and oxygen atoms in total. The van der Waals surface area contributed by atoms with Gasteiger partial charge in [-0.25, -0.2) is 0 Å². The number of ether oxygens (including phenoxy) is 2. The van der Waals surface area contributed by atoms with E-state index in [0.717, 1.165) is 12.8 Å². The minimum Gasteiger partial charge on any atom is -0.394 e. The molecule has 0 aromatic heterocycles. The molecule has 0 amide bonds. The van der Waals surface area contributed by atoms with Crippen LogP contribution in [-0.4, -0.2) is 59.6 Å². The quantitative estimate of drug-likeness (QED) is 0.253. The highest BCUT2D eigenvalue weighted by atomic mass is 16.6. The molecule has 5 heteroatoms. The largest absolute Gasteiger partial charge is 0.394 e. The predicted octanol–water partition coefficient (Wildman–Crippen LogP) is 4.13. The lowest BCUT2D eigenvalue weighted by Gasteiger charge is -2.36. The summed E-state index contributed by atoms with van der Waals surface area (Å²) in [5, 5.41) is 28.9. The van der Waals surface area contributed by atoms with Crippen molar-refractivity contribution in [2.45, 2.75) is 115 Å². The minimum absolute atomic E-state index is 0.218. The molecular weight excluding hydrogens is 356 g/mol. The van der Waals surface area contributed by atoms with Gasteiger partial charge >= 0.3 is 0 Å². The lowest BCUT2D eigenvalue weighted by molar-refractivity contribution is -0.208. The van der Waals surface area contributed by atoms with E-state index in [1.165, 1.54) is 70.6 Å². The Morgan fingerprint density at radius 1 is 0.821 bits per heavy atom. The number of unbranched alkanes of at least 4 members (excludes halogenated alkanes) is 11. The molecule has 0 saturated carbocycles. The van der Waals surface area contributed by atoms with Crippen molar-refractivity contribution < 1.29 is 24.8 Å². The van der Waals surface area contributed by atoms with Crippen LogP contribution in [0.25, 0.3) is 0 Å². The lowest BCUT2D eigenvalue weighted by atomic mass is 10.0. The zero-order valence-corrected chi connectivity index (χ0v) is 17.9. The van der Waals surface area contributed by atoms with Gasteiger partial charge in [-0.2, -0.15) is 0 Å². The second kappa shape index (κ2) is 17.4. The van der Waals surface area contributed by atoms with Gasteiger partial charge in [-0.15, -0.1) is 0 Å². The van der Waals surface area contributed by atoms with Gasteiger partial charge in [0.25, 0.3) is 0 Å². The Kier molecular flexibility index (Phi) is 15.9. The molecule has 1 saturated heterocycles. The first-order valence-corrected chi connectivity index (χ1v) is 11.6. The number of hydrogen-bond acceptors (Lipinski definition) is 5. The zero-order chi connectivity index (χ0) is 20.5. The number of rotatable bonds is 17. The summed E-state index contributed by atoms with van der Waals surface area (Å²) in [7, 11) is 0. The first-order chi connectivity index (χ1) is 13.7. The second-order valence-corrected chi connectivity index (χ2v) is 8.03. The third kappa shape index (κ3) is 11.5. The van der Waals surface area contributed by atoms with Gasteiger partial charge in [0.05, 0.1) is 13.2 Å². The van der Waals surface area contributed by atoms with Crippen LogP contribution in [0, 0.1) is 0 Å². The molecule has 1 rings (SSSR count). The maximum atomic E-state index is 9.99. The van der Waals surface area contributed by atoms with E-state index in [0.29, 0.717) is 6.61 Å². The molecule has 0 bridgehead atoms. The second-order valence-electron chi connectivity index (χ2n) is 8.03. The van der Waals surface area contributed by atoms with E-state index in [1.807, 2.05) is 0 Å². The van der Waals surface area contributed by atoms with E-state index in [9.17, 15) is 10.2 Å². The highest BCUT2D eigenvalue weighted by Crippen LogP contribution is 2.18. The van der Waals surface area contributed by atoms with Gasteiger partial charge in [0.1, 0.15) is 24.4 Å². The van der Waals surface area contributed by atoms with Gasteiger partial charge in [0.2, 0.25) is 0 Å². The molecular formula is C23H44O5. The Labute approximate surface area is 172 Å². The van der Waals surface area contributed by atoms with Crippen molar-refractivity contribution in [2.75, 3.05) is 19.8 Å². The topological polar surface area (TPSA) is 79.2 Å². The van der Waals surface area contributed by atoms with Crippen LogP contribution in [-0.2, 0) is 9.47 Å². The standard InChI is InChI=1S/C23H44O5/c1-2-3-4-5-6-7-8-9-10-11-12-13-14-15-16-17-27-21-19-28-20(18-24)22(25)23(21)26/h8-9,20-26H,2-7,10-19H2,1H3/b9-8+/t20-,21+,22-,23-/m0/s1. The van der Waals surface area contributed by atoms with Crippen molar-refractivity contribution in [3.05, 3.63) is 12.2 Å². The van der Waals surface area contributed by atoms with E-state index in [-0.39, 0.29) is 13.2 Å². The molecule has 4 atom stereocenters. The van der Waals surface area contributed by atoms with Crippen LogP contribution < -0.4 is 0 Å². The fourth-order valence-electron chi connectivity index (χ4n) is 3.57. The first-order valence-electron chi connectivity index (χ1n) is 11.6. The Morgan fingerprint density at radius 3 is 2.00 bits per heavy atom. The van der Waals surface area contributed by atoms with Gasteiger partial charge in [-0.1, -0.05) is 70.4 Å². The average Bonchev–Trinajstić information content (AvgIpc) is 2.70. The lowest BCUT2D eigenvalue weighted by Crippen LogP contribution is -2.55. The molecule has 166 valence electrons. The van der Waals surface area contributed by atoms with Crippen LogP contribution in [0.1, 0.15) is 90.4 Å². The van der Waals surface area contributed by atoms with Crippen molar-refractivity contribution in [1.82, 2.24) is 0 Å². The summed E-state index contributed by atoms with van der Waals surface area (Å²) in [5.74, 6) is 0. The van der Waals surface area contributed by atoms with Crippen LogP contribution in [0.2, 0.25) is 0 Å². The van der Waals surface area contributed by atoms with E-state index < -0.39 is 24.4 Å². The fourth-order valence-corrected chi connectivity index (χ4v) is 3.57. The SMILES string of the molecule is CCCCCCC/C=C/CCCCCCCCO[C@@H]1CO[C@@H](CO)[C@H](O)[C@H]1O. The van der Waals surface area contributed by atoms with Gasteiger partial charge in [0.15, 0.2) is 0 Å². The normalized spacial score (nSPS) is 25.6. The summed E-state index contributed by atoms with van der Waals surface area (Å²) in [4.78, 5) is 0. The Balaban J connectivity index is 1.86. The number of aliphatic hydroxyl groups is 3. The molecule has 0 aromatic rings. The summed E-state index contributed by atoms with van der Waals surface area (Å²) in [6.07, 6.45) is 17.8. The van der Waals surface area contributed by atoms with Crippen LogP contribution in [0.3, 0.4) is 0 Å². The molecule has 1 aliphatic heterocycles. The molecule has 1 aliphatic rings. The first kappa shape index (κ1) is 25.6. The molecule has 28 heavy (non-hydrogen) atoms. The van der Waals surface area contributed by atoms with E-state index in [1.54, 1.807) is 0 Å². The van der Waals surface area contributed by atoms with Gasteiger partial charge in [-0.3, -0.25) is 0 Å². The molecule has 0 aromatic carbocycles. The monoisotopic (exact) mass is 400 g/mol. The molecule has 0 aliphatic carbocycles. The van der Waals surface area contributed by atoms with E-state index >= 15 is 0 Å².